The van der Waals surface area contributed by atoms with Gasteiger partial charge in [-0.15, -0.1) is 0 Å². The topological polar surface area (TPSA) is 82.3 Å². The molecule has 0 unspecified atom stereocenters. The van der Waals surface area contributed by atoms with Crippen molar-refractivity contribution in [1.82, 2.24) is 9.97 Å². The molecule has 3 N–H and O–H groups in total. The average Bonchev–Trinajstić information content (AvgIpc) is 2.47. The molecule has 1 aromatic carbocycles. The number of nitrogens with zero attached hydrogens (tertiary/aromatic N) is 2. The predicted octanol–water partition coefficient (Wildman–Crippen LogP) is 2.74. The van der Waals surface area contributed by atoms with E-state index in [0.717, 1.165) is 0 Å². The van der Waals surface area contributed by atoms with Crippen LogP contribution in [-0.2, 0) is 11.3 Å². The smallest absolute Gasteiger partial charge is 0.224 e. The lowest BCUT2D eigenvalue weighted by Gasteiger charge is -2.09. The van der Waals surface area contributed by atoms with E-state index in [2.05, 4.69) is 15.4 Å². The molecule has 0 aliphatic rings. The molecule has 6 nitrogen and oxygen atoms in total. The van der Waals surface area contributed by atoms with Crippen LogP contribution < -0.4 is 16.0 Å². The number of nitrogens with one attached hydrogen (secondary N) is 1. The van der Waals surface area contributed by atoms with E-state index in [1.807, 2.05) is 6.92 Å². The van der Waals surface area contributed by atoms with Crippen LogP contribution in [0.25, 0.3) is 0 Å². The Bertz CT molecular complexity index is 563. The second kappa shape index (κ2) is 7.04. The molecule has 0 saturated carbocycles. The lowest BCUT2D eigenvalue weighted by molar-refractivity contribution is 0.128. The van der Waals surface area contributed by atoms with Gasteiger partial charge in [-0.05, 0) is 31.2 Å². The van der Waals surface area contributed by atoms with Gasteiger partial charge in [0.05, 0.1) is 0 Å². The zero-order valence-corrected chi connectivity index (χ0v) is 11.7. The van der Waals surface area contributed by atoms with Gasteiger partial charge in [-0.25, -0.2) is 10.8 Å². The minimum Gasteiger partial charge on any atom is -0.439 e. The molecular weight excluding hydrogens is 280 g/mol. The molecule has 1 heterocycles. The number of hydrogen-bond donors (Lipinski definition) is 2. The first-order valence-corrected chi connectivity index (χ1v) is 6.45. The number of hydrogen-bond acceptors (Lipinski definition) is 6. The van der Waals surface area contributed by atoms with Gasteiger partial charge in [-0.2, -0.15) is 4.98 Å². The van der Waals surface area contributed by atoms with Crippen molar-refractivity contribution in [2.75, 3.05) is 12.0 Å². The molecule has 0 atom stereocenters. The number of halogens is 1. The van der Waals surface area contributed by atoms with Crippen molar-refractivity contribution in [1.29, 1.82) is 0 Å². The van der Waals surface area contributed by atoms with E-state index < -0.39 is 0 Å². The SMILES string of the molecule is CCOCc1nc(NN)cc(Oc2ccc(Cl)cc2)n1. The third-order valence-electron chi connectivity index (χ3n) is 2.37. The molecule has 0 aliphatic heterocycles. The van der Waals surface area contributed by atoms with Crippen LogP contribution in [0.15, 0.2) is 30.3 Å². The van der Waals surface area contributed by atoms with Crippen LogP contribution >= 0.6 is 11.6 Å². The van der Waals surface area contributed by atoms with Crippen LogP contribution in [0.1, 0.15) is 12.7 Å². The van der Waals surface area contributed by atoms with Crippen molar-refractivity contribution in [2.45, 2.75) is 13.5 Å². The molecule has 1 aromatic heterocycles. The Balaban J connectivity index is 2.19. The zero-order chi connectivity index (χ0) is 14.4. The van der Waals surface area contributed by atoms with E-state index in [4.69, 9.17) is 26.9 Å². The molecular formula is C13H15ClN4O2. The fourth-order valence-corrected chi connectivity index (χ4v) is 1.61. The van der Waals surface area contributed by atoms with Gasteiger partial charge >= 0.3 is 0 Å². The highest BCUT2D eigenvalue weighted by Gasteiger charge is 2.06. The summed E-state index contributed by atoms with van der Waals surface area (Å²) in [7, 11) is 0. The zero-order valence-electron chi connectivity index (χ0n) is 11.0. The van der Waals surface area contributed by atoms with Crippen LogP contribution in [0, 0.1) is 0 Å². The Labute approximate surface area is 121 Å². The molecule has 106 valence electrons. The molecule has 20 heavy (non-hydrogen) atoms. The second-order valence-electron chi connectivity index (χ2n) is 3.85. The van der Waals surface area contributed by atoms with Crippen molar-refractivity contribution < 1.29 is 9.47 Å². The monoisotopic (exact) mass is 294 g/mol. The minimum absolute atomic E-state index is 0.295. The molecule has 0 saturated heterocycles. The van der Waals surface area contributed by atoms with Crippen molar-refractivity contribution in [3.63, 3.8) is 0 Å². The fraction of sp³-hybridized carbons (Fsp3) is 0.231. The minimum atomic E-state index is 0.295. The molecule has 0 bridgehead atoms. The van der Waals surface area contributed by atoms with Gasteiger partial charge in [0.15, 0.2) is 5.82 Å². The molecule has 2 rings (SSSR count). The van der Waals surface area contributed by atoms with Gasteiger partial charge in [0.1, 0.15) is 18.2 Å². The predicted molar refractivity (Wildman–Crippen MR) is 76.7 cm³/mol. The number of nitrogens with two attached hydrogens (primary N) is 1. The molecule has 0 radical (unpaired) electrons. The summed E-state index contributed by atoms with van der Waals surface area (Å²) in [5.41, 5.74) is 2.47. The fourth-order valence-electron chi connectivity index (χ4n) is 1.48. The van der Waals surface area contributed by atoms with E-state index in [0.29, 0.717) is 41.5 Å². The van der Waals surface area contributed by atoms with E-state index in [9.17, 15) is 0 Å². The average molecular weight is 295 g/mol. The van der Waals surface area contributed by atoms with E-state index >= 15 is 0 Å². The van der Waals surface area contributed by atoms with Crippen LogP contribution in [-0.4, -0.2) is 16.6 Å². The summed E-state index contributed by atoms with van der Waals surface area (Å²) in [6.07, 6.45) is 0. The molecule has 0 aliphatic carbocycles. The first-order valence-electron chi connectivity index (χ1n) is 6.07. The highest BCUT2D eigenvalue weighted by atomic mass is 35.5. The molecule has 7 heteroatoms. The van der Waals surface area contributed by atoms with Crippen molar-refractivity contribution >= 4 is 17.4 Å². The maximum Gasteiger partial charge on any atom is 0.224 e. The van der Waals surface area contributed by atoms with Gasteiger partial charge in [-0.3, -0.25) is 0 Å². The highest BCUT2D eigenvalue weighted by Crippen LogP contribution is 2.23. The van der Waals surface area contributed by atoms with Crippen molar-refractivity contribution in [3.05, 3.63) is 41.2 Å². The van der Waals surface area contributed by atoms with Gasteiger partial charge in [0, 0.05) is 17.7 Å². The second-order valence-corrected chi connectivity index (χ2v) is 4.28. The molecule has 0 fully saturated rings. The summed E-state index contributed by atoms with van der Waals surface area (Å²) < 4.78 is 10.9. The van der Waals surface area contributed by atoms with E-state index in [1.54, 1.807) is 30.3 Å². The largest absolute Gasteiger partial charge is 0.439 e. The number of anilines is 1. The summed E-state index contributed by atoms with van der Waals surface area (Å²) in [4.78, 5) is 8.42. The molecule has 2 aromatic rings. The van der Waals surface area contributed by atoms with Gasteiger partial charge in [0.25, 0.3) is 0 Å². The Kier molecular flexibility index (Phi) is 5.11. The maximum atomic E-state index is 5.82. The number of ether oxygens (including phenoxy) is 2. The summed E-state index contributed by atoms with van der Waals surface area (Å²) in [5.74, 6) is 7.33. The Morgan fingerprint density at radius 3 is 2.65 bits per heavy atom. The maximum absolute atomic E-state index is 5.82. The molecule has 0 spiro atoms. The number of hydrazine groups is 1. The third-order valence-corrected chi connectivity index (χ3v) is 2.62. The van der Waals surface area contributed by atoms with Crippen LogP contribution in [0.3, 0.4) is 0 Å². The van der Waals surface area contributed by atoms with Gasteiger partial charge in [-0.1, -0.05) is 11.6 Å². The van der Waals surface area contributed by atoms with Crippen LogP contribution in [0.4, 0.5) is 5.82 Å². The summed E-state index contributed by atoms with van der Waals surface area (Å²) in [6, 6.07) is 8.58. The summed E-state index contributed by atoms with van der Waals surface area (Å²) in [5, 5.41) is 0.640. The molecule has 0 amide bonds. The van der Waals surface area contributed by atoms with E-state index in [-0.39, 0.29) is 0 Å². The lowest BCUT2D eigenvalue weighted by atomic mass is 10.3. The van der Waals surface area contributed by atoms with Crippen LogP contribution in [0.5, 0.6) is 11.6 Å². The standard InChI is InChI=1S/C13H15ClN4O2/c1-2-19-8-12-16-11(18-15)7-13(17-12)20-10-5-3-9(14)4-6-10/h3-7H,2,8,15H2,1H3,(H,16,17,18). The Hall–Kier alpha value is -1.89. The van der Waals surface area contributed by atoms with Crippen molar-refractivity contribution in [3.8, 4) is 11.6 Å². The first-order chi connectivity index (χ1) is 9.71. The van der Waals surface area contributed by atoms with Gasteiger partial charge in [0.2, 0.25) is 5.88 Å². The van der Waals surface area contributed by atoms with Crippen molar-refractivity contribution in [2.24, 2.45) is 5.84 Å². The van der Waals surface area contributed by atoms with E-state index in [1.165, 1.54) is 0 Å². The Morgan fingerprint density at radius 2 is 2.00 bits per heavy atom. The summed E-state index contributed by atoms with van der Waals surface area (Å²) in [6.45, 7) is 2.77. The number of aromatic nitrogens is 2. The van der Waals surface area contributed by atoms with Gasteiger partial charge < -0.3 is 14.9 Å². The third kappa shape index (κ3) is 4.06. The number of rotatable bonds is 6. The quantitative estimate of drug-likeness (QED) is 0.630. The first kappa shape index (κ1) is 14.5. The summed E-state index contributed by atoms with van der Waals surface area (Å²) >= 11 is 5.82. The number of benzene rings is 1. The number of nitrogen functional groups attached to an aromatic ring is 1. The highest BCUT2D eigenvalue weighted by molar-refractivity contribution is 6.30. The Morgan fingerprint density at radius 1 is 1.25 bits per heavy atom. The normalized spacial score (nSPS) is 10.3. The lowest BCUT2D eigenvalue weighted by Crippen LogP contribution is -2.11. The van der Waals surface area contributed by atoms with Crippen LogP contribution in [0.2, 0.25) is 5.02 Å².